The van der Waals surface area contributed by atoms with Crippen LogP contribution in [0.1, 0.15) is 113 Å². The summed E-state index contributed by atoms with van der Waals surface area (Å²) in [5.41, 5.74) is -2.30. The van der Waals surface area contributed by atoms with Crippen LogP contribution in [0.2, 0.25) is 0 Å². The van der Waals surface area contributed by atoms with Gasteiger partial charge in [-0.2, -0.15) is 0 Å². The van der Waals surface area contributed by atoms with Gasteiger partial charge >= 0.3 is 11.9 Å². The van der Waals surface area contributed by atoms with Crippen LogP contribution in [0.15, 0.2) is 11.6 Å². The second-order valence-corrected chi connectivity index (χ2v) is 20.5. The molecule has 2 saturated heterocycles. The Morgan fingerprint density at radius 2 is 1.53 bits per heavy atom. The van der Waals surface area contributed by atoms with Gasteiger partial charge in [-0.3, -0.25) is 9.59 Å². The molecule has 0 bridgehead atoms. The molecule has 19 atom stereocenters. The minimum absolute atomic E-state index is 0.0984. The van der Waals surface area contributed by atoms with E-state index in [1.807, 2.05) is 13.8 Å². The lowest BCUT2D eigenvalue weighted by molar-refractivity contribution is -0.310. The predicted molar refractivity (Wildman–Crippen MR) is 202 cm³/mol. The second kappa shape index (κ2) is 14.7. The Kier molecular flexibility index (Phi) is 11.2. The Hall–Kier alpha value is -1.72. The lowest BCUT2D eigenvalue weighted by atomic mass is 9.33. The van der Waals surface area contributed by atoms with Crippen LogP contribution in [0.5, 0.6) is 0 Å². The Morgan fingerprint density at radius 1 is 0.825 bits per heavy atom. The minimum Gasteiger partial charge on any atom is -0.454 e. The number of aliphatic hydroxyl groups excluding tert-OH is 6. The van der Waals surface area contributed by atoms with E-state index in [0.717, 1.165) is 31.3 Å². The summed E-state index contributed by atoms with van der Waals surface area (Å²) in [5, 5.41) is 75.0. The molecule has 0 aromatic carbocycles. The fourth-order valence-electron chi connectivity index (χ4n) is 13.8. The van der Waals surface area contributed by atoms with Crippen LogP contribution >= 0.6 is 0 Å². The summed E-state index contributed by atoms with van der Waals surface area (Å²) in [6.45, 7) is 16.0. The molecular formula is C43H68O14. The topological polar surface area (TPSA) is 222 Å². The highest BCUT2D eigenvalue weighted by Gasteiger charge is 2.72. The smallest absolute Gasteiger partial charge is 0.315 e. The molecule has 14 nitrogen and oxygen atoms in total. The number of rotatable bonds is 6. The summed E-state index contributed by atoms with van der Waals surface area (Å²) in [6, 6.07) is 0. The van der Waals surface area contributed by atoms with Crippen molar-refractivity contribution in [2.45, 2.75) is 180 Å². The maximum atomic E-state index is 14.6. The summed E-state index contributed by atoms with van der Waals surface area (Å²) in [4.78, 5) is 26.6. The minimum atomic E-state index is -1.72. The van der Waals surface area contributed by atoms with E-state index >= 15 is 0 Å². The van der Waals surface area contributed by atoms with Crippen LogP contribution in [-0.2, 0) is 33.3 Å². The molecule has 0 amide bonds. The zero-order valence-corrected chi connectivity index (χ0v) is 34.9. The molecule has 2 heterocycles. The summed E-state index contributed by atoms with van der Waals surface area (Å²) in [5.74, 6) is -1.39. The molecule has 0 aromatic rings. The van der Waals surface area contributed by atoms with Crippen LogP contribution in [0.3, 0.4) is 0 Å². The molecule has 4 saturated carbocycles. The van der Waals surface area contributed by atoms with Gasteiger partial charge in [-0.05, 0) is 104 Å². The highest BCUT2D eigenvalue weighted by molar-refractivity contribution is 5.79. The van der Waals surface area contributed by atoms with E-state index in [1.165, 1.54) is 6.92 Å². The van der Waals surface area contributed by atoms with Crippen LogP contribution in [0.25, 0.3) is 0 Å². The van der Waals surface area contributed by atoms with Crippen molar-refractivity contribution in [3.05, 3.63) is 11.6 Å². The number of carbonyl (C=O) groups is 2. The number of allylic oxidation sites excluding steroid dienone is 1. The third kappa shape index (κ3) is 6.40. The van der Waals surface area contributed by atoms with Gasteiger partial charge < -0.3 is 59.4 Å². The summed E-state index contributed by atoms with van der Waals surface area (Å²) < 4.78 is 29.4. The quantitative estimate of drug-likeness (QED) is 0.117. The maximum Gasteiger partial charge on any atom is 0.315 e. The van der Waals surface area contributed by atoms with Gasteiger partial charge in [0.1, 0.15) is 36.6 Å². The van der Waals surface area contributed by atoms with Gasteiger partial charge in [-0.15, -0.1) is 0 Å². The first-order valence-corrected chi connectivity index (χ1v) is 21.3. The van der Waals surface area contributed by atoms with E-state index in [-0.39, 0.29) is 52.1 Å². The van der Waals surface area contributed by atoms with Gasteiger partial charge in [-0.1, -0.05) is 53.2 Å². The standard InChI is InChI=1S/C43H68O14/c1-21-11-16-43(37(51)57-35-32(50)31(49)30(48)25(19-44)55-35)18-17-40(6)23(34(43)42(21,8)52)9-10-27-39(5)14-13-28(38(3,4)26(39)12-15-41(27,40)7)56-36-33(54-22(2)45)29(47)24(46)20-53-36/h9,21,24-36,44,46-50,52H,10-20H2,1-8H3/t21-,24+,25-,26+,27-,28+,29+,30-,31+,32-,33-,34-,35+,36+,39+,40-,41-,42-,43+/m1/s1. The molecule has 6 fully saturated rings. The average Bonchev–Trinajstić information content (AvgIpc) is 3.14. The maximum absolute atomic E-state index is 14.6. The summed E-state index contributed by atoms with van der Waals surface area (Å²) in [6.07, 6.45) is -4.12. The molecule has 0 spiro atoms. The molecule has 57 heavy (non-hydrogen) atoms. The third-order valence-electron chi connectivity index (χ3n) is 17.5. The lowest BCUT2D eigenvalue weighted by Crippen LogP contribution is -2.68. The third-order valence-corrected chi connectivity index (χ3v) is 17.5. The SMILES string of the molecule is CC(=O)O[C@H]1[C@H](O[C@H]2CC[C@]3(C)[C@H]4CC=C5[C@H]6[C@](C(=O)O[C@@H]7O[C@H](CO)[C@@H](O)[C@H](O)[C@H]7O)(CC[C@@H](C)[C@@]6(C)O)CC[C@@]5(C)[C@]4(C)CC[C@H]3C2(C)C)OC[C@H](O)[C@@H]1O. The van der Waals surface area contributed by atoms with Crippen molar-refractivity contribution in [2.75, 3.05) is 13.2 Å². The summed E-state index contributed by atoms with van der Waals surface area (Å²) in [7, 11) is 0. The van der Waals surface area contributed by atoms with Crippen molar-refractivity contribution in [3.8, 4) is 0 Å². The van der Waals surface area contributed by atoms with E-state index in [1.54, 1.807) is 0 Å². The van der Waals surface area contributed by atoms with Crippen molar-refractivity contribution in [2.24, 2.45) is 50.7 Å². The Morgan fingerprint density at radius 3 is 2.19 bits per heavy atom. The number of ether oxygens (including phenoxy) is 5. The van der Waals surface area contributed by atoms with E-state index in [4.69, 9.17) is 23.7 Å². The fraction of sp³-hybridized carbons (Fsp3) is 0.907. The van der Waals surface area contributed by atoms with Crippen molar-refractivity contribution in [1.29, 1.82) is 0 Å². The van der Waals surface area contributed by atoms with Crippen LogP contribution in [0.4, 0.5) is 0 Å². The van der Waals surface area contributed by atoms with Crippen LogP contribution in [0, 0.1) is 50.7 Å². The van der Waals surface area contributed by atoms with Gasteiger partial charge in [0.05, 0.1) is 30.3 Å². The largest absolute Gasteiger partial charge is 0.454 e. The van der Waals surface area contributed by atoms with Gasteiger partial charge in [-0.25, -0.2) is 0 Å². The molecule has 7 rings (SSSR count). The van der Waals surface area contributed by atoms with Crippen molar-refractivity contribution < 1.29 is 69.0 Å². The molecule has 7 N–H and O–H groups in total. The molecule has 324 valence electrons. The van der Waals surface area contributed by atoms with E-state index in [0.29, 0.717) is 32.1 Å². The zero-order valence-electron chi connectivity index (χ0n) is 34.9. The van der Waals surface area contributed by atoms with E-state index < -0.39 is 90.8 Å². The molecule has 7 aliphatic rings. The zero-order chi connectivity index (χ0) is 41.8. The highest BCUT2D eigenvalue weighted by Crippen LogP contribution is 2.76. The first kappa shape index (κ1) is 43.4. The number of aliphatic hydroxyl groups is 7. The van der Waals surface area contributed by atoms with Gasteiger partial charge in [0.15, 0.2) is 12.4 Å². The molecule has 0 aromatic heterocycles. The monoisotopic (exact) mass is 808 g/mol. The van der Waals surface area contributed by atoms with Crippen LogP contribution < -0.4 is 0 Å². The Labute approximate surface area is 336 Å². The second-order valence-electron chi connectivity index (χ2n) is 20.5. The molecule has 2 aliphatic heterocycles. The molecule has 0 unspecified atom stereocenters. The highest BCUT2D eigenvalue weighted by atomic mass is 16.7. The number of hydrogen-bond donors (Lipinski definition) is 7. The number of fused-ring (bicyclic) bond motifs is 7. The van der Waals surface area contributed by atoms with Crippen molar-refractivity contribution in [1.82, 2.24) is 0 Å². The van der Waals surface area contributed by atoms with Crippen molar-refractivity contribution in [3.63, 3.8) is 0 Å². The lowest BCUT2D eigenvalue weighted by Gasteiger charge is -2.72. The molecule has 5 aliphatic carbocycles. The molecular weight excluding hydrogens is 740 g/mol. The fourth-order valence-corrected chi connectivity index (χ4v) is 13.8. The first-order chi connectivity index (χ1) is 26.5. The van der Waals surface area contributed by atoms with Gasteiger partial charge in [0, 0.05) is 12.8 Å². The average molecular weight is 809 g/mol. The normalized spacial score (nSPS) is 53.2. The van der Waals surface area contributed by atoms with Gasteiger partial charge in [0.2, 0.25) is 6.29 Å². The first-order valence-electron chi connectivity index (χ1n) is 21.3. The van der Waals surface area contributed by atoms with Crippen molar-refractivity contribution >= 4 is 11.9 Å². The Balaban J connectivity index is 1.18. The predicted octanol–water partition coefficient (Wildman–Crippen LogP) is 2.50. The van der Waals surface area contributed by atoms with Gasteiger partial charge in [0.25, 0.3) is 0 Å². The number of esters is 2. The molecule has 0 radical (unpaired) electrons. The number of carbonyl (C=O) groups excluding carboxylic acids is 2. The van der Waals surface area contributed by atoms with E-state index in [2.05, 4.69) is 40.7 Å². The van der Waals surface area contributed by atoms with E-state index in [9.17, 15) is 45.3 Å². The number of hydrogen-bond acceptors (Lipinski definition) is 14. The summed E-state index contributed by atoms with van der Waals surface area (Å²) >= 11 is 0. The Bertz CT molecular complexity index is 1580. The van der Waals surface area contributed by atoms with Crippen LogP contribution in [-0.4, -0.2) is 128 Å². The molecule has 14 heteroatoms.